The van der Waals surface area contributed by atoms with E-state index < -0.39 is 10.0 Å². The van der Waals surface area contributed by atoms with E-state index in [4.69, 9.17) is 16.3 Å². The van der Waals surface area contributed by atoms with Gasteiger partial charge in [0.15, 0.2) is 0 Å². The Bertz CT molecular complexity index is 947. The number of hydrogen-bond donors (Lipinski definition) is 2. The van der Waals surface area contributed by atoms with Crippen LogP contribution < -0.4 is 14.8 Å². The van der Waals surface area contributed by atoms with Crippen LogP contribution in [-0.4, -0.2) is 32.7 Å². The monoisotopic (exact) mass is 456 g/mol. The Labute approximate surface area is 181 Å². The van der Waals surface area contributed by atoms with E-state index in [9.17, 15) is 13.2 Å². The highest BCUT2D eigenvalue weighted by Gasteiger charge is 2.22. The molecule has 2 rings (SSSR count). The number of amides is 1. The van der Waals surface area contributed by atoms with Crippen molar-refractivity contribution in [2.45, 2.75) is 48.3 Å². The lowest BCUT2D eigenvalue weighted by Gasteiger charge is -2.17. The number of carbonyl (C=O) groups is 1. The van der Waals surface area contributed by atoms with Crippen molar-refractivity contribution in [2.75, 3.05) is 12.4 Å². The second-order valence-electron chi connectivity index (χ2n) is 6.60. The molecule has 0 saturated heterocycles. The van der Waals surface area contributed by atoms with Crippen molar-refractivity contribution in [2.24, 2.45) is 0 Å². The molecule has 158 valence electrons. The summed E-state index contributed by atoms with van der Waals surface area (Å²) in [5, 5.41) is 3.07. The number of carbonyl (C=O) groups excluding carboxylic acids is 1. The Morgan fingerprint density at radius 3 is 2.38 bits per heavy atom. The minimum atomic E-state index is -3.70. The predicted molar refractivity (Wildman–Crippen MR) is 118 cm³/mol. The van der Waals surface area contributed by atoms with E-state index in [2.05, 4.69) is 10.0 Å². The summed E-state index contributed by atoms with van der Waals surface area (Å²) in [7, 11) is -2.23. The molecule has 0 aliphatic carbocycles. The van der Waals surface area contributed by atoms with Crippen molar-refractivity contribution < 1.29 is 17.9 Å². The van der Waals surface area contributed by atoms with Crippen LogP contribution in [0.5, 0.6) is 5.75 Å². The van der Waals surface area contributed by atoms with Gasteiger partial charge in [0.2, 0.25) is 15.9 Å². The Balaban J connectivity index is 2.24. The molecule has 0 fully saturated rings. The lowest BCUT2D eigenvalue weighted by Crippen LogP contribution is -2.30. The van der Waals surface area contributed by atoms with E-state index in [1.54, 1.807) is 26.0 Å². The fraction of sp³-hybridized carbons (Fsp3) is 0.350. The summed E-state index contributed by atoms with van der Waals surface area (Å²) >= 11 is 7.33. The van der Waals surface area contributed by atoms with Crippen LogP contribution in [0, 0.1) is 0 Å². The van der Waals surface area contributed by atoms with E-state index in [-0.39, 0.29) is 22.1 Å². The van der Waals surface area contributed by atoms with E-state index in [0.29, 0.717) is 22.9 Å². The summed E-state index contributed by atoms with van der Waals surface area (Å²) in [5.74, 6) is 0.144. The van der Waals surface area contributed by atoms with Crippen LogP contribution >= 0.6 is 23.4 Å². The molecule has 0 radical (unpaired) electrons. The molecule has 1 atom stereocenters. The SMILES string of the molecule is CC[C@@H](Sc1ccc(Cl)cc1)C(=O)Nc1cc(S(=O)(=O)NC(C)C)ccc1OC. The van der Waals surface area contributed by atoms with Gasteiger partial charge in [-0.1, -0.05) is 18.5 Å². The van der Waals surface area contributed by atoms with Gasteiger partial charge >= 0.3 is 0 Å². The van der Waals surface area contributed by atoms with Gasteiger partial charge in [-0.2, -0.15) is 0 Å². The van der Waals surface area contributed by atoms with Crippen molar-refractivity contribution in [3.63, 3.8) is 0 Å². The average molecular weight is 457 g/mol. The molecule has 9 heteroatoms. The Morgan fingerprint density at radius 2 is 1.83 bits per heavy atom. The molecular weight excluding hydrogens is 432 g/mol. The molecule has 0 unspecified atom stereocenters. The number of rotatable bonds is 9. The van der Waals surface area contributed by atoms with Gasteiger partial charge in [0.25, 0.3) is 0 Å². The van der Waals surface area contributed by atoms with Crippen molar-refractivity contribution in [3.8, 4) is 5.75 Å². The Kier molecular flexibility index (Phi) is 8.39. The summed E-state index contributed by atoms with van der Waals surface area (Å²) in [4.78, 5) is 13.8. The number of nitrogens with one attached hydrogen (secondary N) is 2. The number of sulfonamides is 1. The molecule has 0 aliphatic heterocycles. The van der Waals surface area contributed by atoms with Crippen LogP contribution in [0.3, 0.4) is 0 Å². The molecule has 0 heterocycles. The molecule has 0 bridgehead atoms. The van der Waals surface area contributed by atoms with Crippen LogP contribution in [0.25, 0.3) is 0 Å². The zero-order valence-corrected chi connectivity index (χ0v) is 19.1. The maximum Gasteiger partial charge on any atom is 0.240 e. The second-order valence-corrected chi connectivity index (χ2v) is 10.0. The number of hydrogen-bond acceptors (Lipinski definition) is 5. The van der Waals surface area contributed by atoms with Crippen molar-refractivity contribution in [1.29, 1.82) is 0 Å². The third-order valence-electron chi connectivity index (χ3n) is 3.89. The maximum absolute atomic E-state index is 12.8. The number of benzene rings is 2. The largest absolute Gasteiger partial charge is 0.495 e. The van der Waals surface area contributed by atoms with Gasteiger partial charge in [0.1, 0.15) is 5.75 Å². The summed E-state index contributed by atoms with van der Waals surface area (Å²) in [6.45, 7) is 5.39. The molecular formula is C20H25ClN2O4S2. The molecule has 1 amide bonds. The van der Waals surface area contributed by atoms with Crippen LogP contribution in [0.4, 0.5) is 5.69 Å². The van der Waals surface area contributed by atoms with Crippen molar-refractivity contribution >= 4 is 45.0 Å². The number of methoxy groups -OCH3 is 1. The number of ether oxygens (including phenoxy) is 1. The molecule has 2 aromatic rings. The van der Waals surface area contributed by atoms with Crippen LogP contribution in [-0.2, 0) is 14.8 Å². The molecule has 0 aromatic heterocycles. The van der Waals surface area contributed by atoms with Crippen LogP contribution in [0.2, 0.25) is 5.02 Å². The zero-order valence-electron chi connectivity index (χ0n) is 16.7. The van der Waals surface area contributed by atoms with E-state index in [1.165, 1.54) is 37.1 Å². The Hall–Kier alpha value is -1.74. The van der Waals surface area contributed by atoms with Crippen molar-refractivity contribution in [3.05, 3.63) is 47.5 Å². The summed E-state index contributed by atoms with van der Waals surface area (Å²) < 4.78 is 32.7. The lowest BCUT2D eigenvalue weighted by molar-refractivity contribution is -0.115. The normalized spacial score (nSPS) is 12.6. The maximum atomic E-state index is 12.8. The number of halogens is 1. The first-order chi connectivity index (χ1) is 13.7. The third-order valence-corrected chi connectivity index (χ3v) is 7.17. The van der Waals surface area contributed by atoms with Gasteiger partial charge in [0, 0.05) is 16.0 Å². The molecule has 2 aromatic carbocycles. The standard InChI is InChI=1S/C20H25ClN2O4S2/c1-5-19(28-15-8-6-14(21)7-9-15)20(24)22-17-12-16(10-11-18(17)27-4)29(25,26)23-13(2)3/h6-13,19,23H,5H2,1-4H3,(H,22,24)/t19-/m1/s1. The zero-order chi connectivity index (χ0) is 21.6. The predicted octanol–water partition coefficient (Wildman–Crippen LogP) is 4.54. The van der Waals surface area contributed by atoms with Gasteiger partial charge < -0.3 is 10.1 Å². The topological polar surface area (TPSA) is 84.5 Å². The lowest BCUT2D eigenvalue weighted by atomic mass is 10.2. The minimum absolute atomic E-state index is 0.0562. The van der Waals surface area contributed by atoms with E-state index >= 15 is 0 Å². The van der Waals surface area contributed by atoms with Gasteiger partial charge in [-0.3, -0.25) is 4.79 Å². The average Bonchev–Trinajstić information content (AvgIpc) is 2.66. The molecule has 29 heavy (non-hydrogen) atoms. The van der Waals surface area contributed by atoms with Crippen LogP contribution in [0.15, 0.2) is 52.3 Å². The third kappa shape index (κ3) is 6.64. The molecule has 6 nitrogen and oxygen atoms in total. The van der Waals surface area contributed by atoms with Gasteiger partial charge in [-0.05, 0) is 62.7 Å². The Morgan fingerprint density at radius 1 is 1.17 bits per heavy atom. The first kappa shape index (κ1) is 23.5. The molecule has 2 N–H and O–H groups in total. The highest BCUT2D eigenvalue weighted by Crippen LogP contribution is 2.31. The van der Waals surface area contributed by atoms with Gasteiger partial charge in [-0.25, -0.2) is 13.1 Å². The number of anilines is 1. The molecule has 0 aliphatic rings. The van der Waals surface area contributed by atoms with E-state index in [0.717, 1.165) is 4.90 Å². The first-order valence-corrected chi connectivity index (χ1v) is 11.8. The minimum Gasteiger partial charge on any atom is -0.495 e. The quantitative estimate of drug-likeness (QED) is 0.541. The van der Waals surface area contributed by atoms with Crippen molar-refractivity contribution in [1.82, 2.24) is 4.72 Å². The summed E-state index contributed by atoms with van der Waals surface area (Å²) in [6, 6.07) is 11.4. The van der Waals surface area contributed by atoms with E-state index in [1.807, 2.05) is 19.1 Å². The molecule has 0 saturated carbocycles. The van der Waals surface area contributed by atoms with Gasteiger partial charge in [-0.15, -0.1) is 11.8 Å². The fourth-order valence-corrected chi connectivity index (χ4v) is 4.90. The summed E-state index contributed by atoms with van der Waals surface area (Å²) in [6.07, 6.45) is 0.592. The van der Waals surface area contributed by atoms with Crippen LogP contribution in [0.1, 0.15) is 27.2 Å². The highest BCUT2D eigenvalue weighted by atomic mass is 35.5. The summed E-state index contributed by atoms with van der Waals surface area (Å²) in [5.41, 5.74) is 0.305. The second kappa shape index (κ2) is 10.3. The van der Waals surface area contributed by atoms with Gasteiger partial charge in [0.05, 0.1) is 22.9 Å². The number of thioether (sulfide) groups is 1. The smallest absolute Gasteiger partial charge is 0.240 e. The first-order valence-electron chi connectivity index (χ1n) is 9.09. The highest BCUT2D eigenvalue weighted by molar-refractivity contribution is 8.00. The fourth-order valence-electron chi connectivity index (χ4n) is 2.54. The molecule has 0 spiro atoms.